The van der Waals surface area contributed by atoms with Crippen molar-refractivity contribution >= 4 is 17.7 Å². The van der Waals surface area contributed by atoms with Crippen molar-refractivity contribution in [2.45, 2.75) is 31.5 Å². The summed E-state index contributed by atoms with van der Waals surface area (Å²) in [6, 6.07) is 16.0. The van der Waals surface area contributed by atoms with Gasteiger partial charge < -0.3 is 20.5 Å². The monoisotopic (exact) mass is 527 g/mol. The Labute approximate surface area is 218 Å². The van der Waals surface area contributed by atoms with E-state index in [0.717, 1.165) is 36.1 Å². The molecule has 4 rings (SSSR count). The molecule has 0 saturated carbocycles. The molecule has 2 heterocycles. The summed E-state index contributed by atoms with van der Waals surface area (Å²) in [5.41, 5.74) is 2.15. The number of rotatable bonds is 9. The summed E-state index contributed by atoms with van der Waals surface area (Å²) in [5, 5.41) is 14.7. The van der Waals surface area contributed by atoms with Crippen molar-refractivity contribution < 1.29 is 32.6 Å². The zero-order chi connectivity index (χ0) is 27.1. The average Bonchev–Trinajstić information content (AvgIpc) is 2.92. The summed E-state index contributed by atoms with van der Waals surface area (Å²) in [6.07, 6.45) is -1.40. The molecule has 2 aromatic carbocycles. The second kappa shape index (κ2) is 12.1. The van der Waals surface area contributed by atoms with Gasteiger partial charge in [0.05, 0.1) is 23.6 Å². The normalized spacial score (nSPS) is 15.0. The van der Waals surface area contributed by atoms with Crippen molar-refractivity contribution in [1.82, 2.24) is 10.3 Å². The van der Waals surface area contributed by atoms with E-state index in [1.807, 2.05) is 24.3 Å². The van der Waals surface area contributed by atoms with Crippen LogP contribution < -0.4 is 10.6 Å². The van der Waals surface area contributed by atoms with Gasteiger partial charge in [-0.1, -0.05) is 36.4 Å². The minimum absolute atomic E-state index is 0.0302. The summed E-state index contributed by atoms with van der Waals surface area (Å²) in [5.74, 6) is -0.545. The van der Waals surface area contributed by atoms with E-state index in [2.05, 4.69) is 15.6 Å². The quantitative estimate of drug-likeness (QED) is 0.337. The lowest BCUT2D eigenvalue weighted by atomic mass is 9.86. The molecule has 1 amide bonds. The van der Waals surface area contributed by atoms with Gasteiger partial charge in [0.15, 0.2) is 0 Å². The number of carbonyl (C=O) groups excluding carboxylic acids is 1. The highest BCUT2D eigenvalue weighted by atomic mass is 19.4. The molecule has 1 aliphatic heterocycles. The van der Waals surface area contributed by atoms with E-state index in [9.17, 15) is 22.8 Å². The number of carboxylic acid groups (broad SMARTS) is 1. The smallest absolute Gasteiger partial charge is 0.416 e. The number of pyridine rings is 1. The molecule has 200 valence electrons. The van der Waals surface area contributed by atoms with Gasteiger partial charge in [0.1, 0.15) is 5.82 Å². The number of alkyl halides is 3. The lowest BCUT2D eigenvalue weighted by Crippen LogP contribution is -2.28. The van der Waals surface area contributed by atoms with E-state index in [1.165, 1.54) is 18.3 Å². The van der Waals surface area contributed by atoms with Crippen LogP contribution in [-0.2, 0) is 15.7 Å². The van der Waals surface area contributed by atoms with E-state index >= 15 is 0 Å². The summed E-state index contributed by atoms with van der Waals surface area (Å²) in [6.45, 7) is 1.33. The van der Waals surface area contributed by atoms with Crippen molar-refractivity contribution in [2.24, 2.45) is 5.92 Å². The number of carbonyl (C=O) groups is 2. The van der Waals surface area contributed by atoms with Crippen LogP contribution in [-0.4, -0.2) is 41.7 Å². The Morgan fingerprint density at radius 1 is 0.974 bits per heavy atom. The van der Waals surface area contributed by atoms with Gasteiger partial charge in [-0.2, -0.15) is 13.2 Å². The van der Waals surface area contributed by atoms with Gasteiger partial charge in [-0.3, -0.25) is 9.59 Å². The minimum atomic E-state index is -4.37. The molecular formula is C28H28F3N3O4. The van der Waals surface area contributed by atoms with Crippen LogP contribution in [0.25, 0.3) is 11.1 Å². The van der Waals surface area contributed by atoms with Crippen LogP contribution in [0.15, 0.2) is 66.9 Å². The van der Waals surface area contributed by atoms with Crippen LogP contribution in [0.1, 0.15) is 46.8 Å². The fraction of sp³-hybridized carbons (Fsp3) is 0.321. The summed E-state index contributed by atoms with van der Waals surface area (Å²) < 4.78 is 44.2. The average molecular weight is 528 g/mol. The molecule has 1 aromatic heterocycles. The molecule has 0 aliphatic carbocycles. The zero-order valence-corrected chi connectivity index (χ0v) is 20.5. The SMILES string of the molecule is O=C(O)CCNC(=O)c1ccc(NC(c2ccc(-c3ccc(C(F)(F)F)cc3)cc2)C2CCOCC2)nc1. The van der Waals surface area contributed by atoms with E-state index in [-0.39, 0.29) is 24.9 Å². The molecule has 1 saturated heterocycles. The molecule has 0 bridgehead atoms. The number of ether oxygens (including phenoxy) is 1. The summed E-state index contributed by atoms with van der Waals surface area (Å²) in [7, 11) is 0. The molecule has 38 heavy (non-hydrogen) atoms. The van der Waals surface area contributed by atoms with Gasteiger partial charge in [0.2, 0.25) is 0 Å². The van der Waals surface area contributed by atoms with Crippen molar-refractivity contribution in [3.63, 3.8) is 0 Å². The fourth-order valence-electron chi connectivity index (χ4n) is 4.41. The number of nitrogens with one attached hydrogen (secondary N) is 2. The summed E-state index contributed by atoms with van der Waals surface area (Å²) >= 11 is 0. The predicted molar refractivity (Wildman–Crippen MR) is 136 cm³/mol. The van der Waals surface area contributed by atoms with Gasteiger partial charge in [-0.05, 0) is 59.7 Å². The lowest BCUT2D eigenvalue weighted by molar-refractivity contribution is -0.138. The molecule has 7 nitrogen and oxygen atoms in total. The fourth-order valence-corrected chi connectivity index (χ4v) is 4.41. The molecule has 10 heteroatoms. The first-order valence-corrected chi connectivity index (χ1v) is 12.3. The van der Waals surface area contributed by atoms with Crippen LogP contribution in [0, 0.1) is 5.92 Å². The predicted octanol–water partition coefficient (Wildman–Crippen LogP) is 5.55. The molecule has 3 aromatic rings. The number of halogens is 3. The number of anilines is 1. The van der Waals surface area contributed by atoms with Gasteiger partial charge in [-0.15, -0.1) is 0 Å². The Bertz CT molecular complexity index is 1220. The van der Waals surface area contributed by atoms with Crippen LogP contribution in [0.5, 0.6) is 0 Å². The maximum Gasteiger partial charge on any atom is 0.416 e. The number of benzene rings is 2. The van der Waals surface area contributed by atoms with Crippen LogP contribution in [0.2, 0.25) is 0 Å². The number of nitrogens with zero attached hydrogens (tertiary/aromatic N) is 1. The highest BCUT2D eigenvalue weighted by molar-refractivity contribution is 5.94. The minimum Gasteiger partial charge on any atom is -0.481 e. The highest BCUT2D eigenvalue weighted by Crippen LogP contribution is 2.35. The van der Waals surface area contributed by atoms with E-state index in [4.69, 9.17) is 9.84 Å². The first-order valence-electron chi connectivity index (χ1n) is 12.3. The Morgan fingerprint density at radius 2 is 1.61 bits per heavy atom. The van der Waals surface area contributed by atoms with Crippen LogP contribution in [0.3, 0.4) is 0 Å². The van der Waals surface area contributed by atoms with Crippen LogP contribution in [0.4, 0.5) is 19.0 Å². The Kier molecular flexibility index (Phi) is 8.62. The largest absolute Gasteiger partial charge is 0.481 e. The van der Waals surface area contributed by atoms with Gasteiger partial charge >= 0.3 is 12.1 Å². The van der Waals surface area contributed by atoms with Crippen molar-refractivity contribution in [3.8, 4) is 11.1 Å². The standard InChI is InChI=1S/C28H28F3N3O4/c29-28(30,31)23-8-5-19(6-9-23)18-1-3-20(4-2-18)26(21-12-15-38-16-13-21)34-24-10-7-22(17-33-24)27(37)32-14-11-25(35)36/h1-10,17,21,26H,11-16H2,(H,32,37)(H,33,34)(H,35,36). The Hall–Kier alpha value is -3.92. The maximum absolute atomic E-state index is 12.9. The van der Waals surface area contributed by atoms with E-state index in [0.29, 0.717) is 30.2 Å². The third-order valence-electron chi connectivity index (χ3n) is 6.51. The number of carboxylic acids is 1. The van der Waals surface area contributed by atoms with Gasteiger partial charge in [0, 0.05) is 26.0 Å². The molecule has 1 fully saturated rings. The molecule has 3 N–H and O–H groups in total. The lowest BCUT2D eigenvalue weighted by Gasteiger charge is -2.32. The number of aliphatic carboxylic acids is 1. The van der Waals surface area contributed by atoms with E-state index in [1.54, 1.807) is 12.1 Å². The van der Waals surface area contributed by atoms with Gasteiger partial charge in [0.25, 0.3) is 5.91 Å². The molecule has 0 spiro atoms. The number of amides is 1. The van der Waals surface area contributed by atoms with Crippen molar-refractivity contribution in [3.05, 3.63) is 83.6 Å². The third-order valence-corrected chi connectivity index (χ3v) is 6.51. The molecule has 1 aliphatic rings. The first kappa shape index (κ1) is 27.1. The van der Waals surface area contributed by atoms with E-state index < -0.39 is 23.6 Å². The number of hydrogen-bond acceptors (Lipinski definition) is 5. The second-order valence-corrected chi connectivity index (χ2v) is 9.10. The number of hydrogen-bond donors (Lipinski definition) is 3. The van der Waals surface area contributed by atoms with Gasteiger partial charge in [-0.25, -0.2) is 4.98 Å². The third kappa shape index (κ3) is 7.10. The highest BCUT2D eigenvalue weighted by Gasteiger charge is 2.30. The van der Waals surface area contributed by atoms with Crippen molar-refractivity contribution in [1.29, 1.82) is 0 Å². The molecule has 0 radical (unpaired) electrons. The zero-order valence-electron chi connectivity index (χ0n) is 20.5. The number of aromatic nitrogens is 1. The maximum atomic E-state index is 12.9. The molecule has 1 unspecified atom stereocenters. The Balaban J connectivity index is 1.49. The Morgan fingerprint density at radius 3 is 2.16 bits per heavy atom. The van der Waals surface area contributed by atoms with Crippen LogP contribution >= 0.6 is 0 Å². The first-order chi connectivity index (χ1) is 18.2. The second-order valence-electron chi connectivity index (χ2n) is 9.10. The summed E-state index contributed by atoms with van der Waals surface area (Å²) in [4.78, 5) is 27.2. The molecule has 1 atom stereocenters. The topological polar surface area (TPSA) is 101 Å². The molecular weight excluding hydrogens is 499 g/mol. The van der Waals surface area contributed by atoms with Crippen molar-refractivity contribution in [2.75, 3.05) is 25.1 Å².